The van der Waals surface area contributed by atoms with Gasteiger partial charge in [-0.2, -0.15) is 0 Å². The normalized spacial score (nSPS) is 12.5. The average molecular weight is 495 g/mol. The molecular formula is C24H28Cl2N2O5. The molecule has 0 spiro atoms. The summed E-state index contributed by atoms with van der Waals surface area (Å²) < 4.78 is 10.1. The Labute approximate surface area is 203 Å². The molecule has 2 N–H and O–H groups in total. The highest BCUT2D eigenvalue weighted by molar-refractivity contribution is 6.36. The summed E-state index contributed by atoms with van der Waals surface area (Å²) in [4.78, 5) is 37.7. The van der Waals surface area contributed by atoms with E-state index in [1.807, 2.05) is 44.2 Å². The van der Waals surface area contributed by atoms with E-state index in [1.54, 1.807) is 18.2 Å². The first-order valence-corrected chi connectivity index (χ1v) is 11.2. The zero-order valence-electron chi connectivity index (χ0n) is 18.8. The maximum atomic E-state index is 13.0. The van der Waals surface area contributed by atoms with Crippen molar-refractivity contribution < 1.29 is 23.9 Å². The van der Waals surface area contributed by atoms with Crippen LogP contribution in [0.3, 0.4) is 0 Å². The van der Waals surface area contributed by atoms with E-state index in [0.29, 0.717) is 22.0 Å². The summed E-state index contributed by atoms with van der Waals surface area (Å²) in [6, 6.07) is 12.2. The van der Waals surface area contributed by atoms with E-state index in [9.17, 15) is 14.4 Å². The average Bonchev–Trinajstić information content (AvgIpc) is 2.78. The van der Waals surface area contributed by atoms with E-state index in [4.69, 9.17) is 32.7 Å². The first kappa shape index (κ1) is 26.5. The molecule has 0 aliphatic rings. The fraction of sp³-hybridized carbons (Fsp3) is 0.375. The molecule has 0 saturated carbocycles. The number of carbonyl (C=O) groups excluding carboxylic acids is 3. The van der Waals surface area contributed by atoms with E-state index in [-0.39, 0.29) is 18.9 Å². The third-order valence-corrected chi connectivity index (χ3v) is 5.51. The predicted octanol–water partition coefficient (Wildman–Crippen LogP) is 4.53. The Hall–Kier alpha value is -2.77. The molecule has 9 heteroatoms. The Bertz CT molecular complexity index is 933. The van der Waals surface area contributed by atoms with Gasteiger partial charge in [-0.25, -0.2) is 9.59 Å². The molecule has 2 aromatic carbocycles. The van der Waals surface area contributed by atoms with Gasteiger partial charge in [0.05, 0.1) is 7.11 Å². The van der Waals surface area contributed by atoms with Crippen molar-refractivity contribution >= 4 is 41.2 Å². The molecule has 0 radical (unpaired) electrons. The molecule has 33 heavy (non-hydrogen) atoms. The molecular weight excluding hydrogens is 467 g/mol. The van der Waals surface area contributed by atoms with E-state index in [2.05, 4.69) is 10.6 Å². The maximum absolute atomic E-state index is 13.0. The summed E-state index contributed by atoms with van der Waals surface area (Å²) in [5.74, 6) is -1.11. The van der Waals surface area contributed by atoms with Crippen molar-refractivity contribution in [1.29, 1.82) is 0 Å². The Balaban J connectivity index is 2.09. The first-order chi connectivity index (χ1) is 15.7. The minimum Gasteiger partial charge on any atom is -0.467 e. The number of alkyl carbamates (subject to hydrolysis) is 1. The van der Waals surface area contributed by atoms with Gasteiger partial charge in [0, 0.05) is 16.5 Å². The van der Waals surface area contributed by atoms with Crippen molar-refractivity contribution in [1.82, 2.24) is 10.6 Å². The number of hydrogen-bond donors (Lipinski definition) is 2. The van der Waals surface area contributed by atoms with Crippen LogP contribution in [0.5, 0.6) is 0 Å². The number of halogens is 2. The van der Waals surface area contributed by atoms with Crippen LogP contribution in [0.4, 0.5) is 4.79 Å². The van der Waals surface area contributed by atoms with Gasteiger partial charge in [-0.3, -0.25) is 4.79 Å². The third-order valence-electron chi connectivity index (χ3n) is 4.80. The molecule has 178 valence electrons. The van der Waals surface area contributed by atoms with Gasteiger partial charge in [0.2, 0.25) is 5.91 Å². The van der Waals surface area contributed by atoms with Gasteiger partial charge in [0.1, 0.15) is 18.7 Å². The van der Waals surface area contributed by atoms with Gasteiger partial charge in [-0.1, -0.05) is 73.4 Å². The third kappa shape index (κ3) is 8.59. The summed E-state index contributed by atoms with van der Waals surface area (Å²) in [7, 11) is 1.22. The minimum atomic E-state index is -1.04. The van der Waals surface area contributed by atoms with Crippen LogP contribution in [0.2, 0.25) is 10.0 Å². The number of carbonyl (C=O) groups is 3. The van der Waals surface area contributed by atoms with Gasteiger partial charge in [0.15, 0.2) is 0 Å². The lowest BCUT2D eigenvalue weighted by Crippen LogP contribution is -2.53. The predicted molar refractivity (Wildman–Crippen MR) is 127 cm³/mol. The SMILES string of the molecule is COC(=O)[C@@H](Cc1c(Cl)cccc1Cl)NC(=O)[C@H](CC(C)C)NC(=O)OCc1ccccc1. The maximum Gasteiger partial charge on any atom is 0.408 e. The number of methoxy groups -OCH3 is 1. The van der Waals surface area contributed by atoms with Gasteiger partial charge in [-0.15, -0.1) is 0 Å². The lowest BCUT2D eigenvalue weighted by molar-refractivity contribution is -0.145. The fourth-order valence-electron chi connectivity index (χ4n) is 3.15. The van der Waals surface area contributed by atoms with Crippen molar-refractivity contribution in [3.05, 3.63) is 69.7 Å². The van der Waals surface area contributed by atoms with Crippen LogP contribution in [-0.2, 0) is 32.1 Å². The molecule has 2 rings (SSSR count). The van der Waals surface area contributed by atoms with Crippen LogP contribution >= 0.6 is 23.2 Å². The number of hydrogen-bond acceptors (Lipinski definition) is 5. The molecule has 0 unspecified atom stereocenters. The topological polar surface area (TPSA) is 93.7 Å². The van der Waals surface area contributed by atoms with Gasteiger partial charge < -0.3 is 20.1 Å². The smallest absolute Gasteiger partial charge is 0.408 e. The lowest BCUT2D eigenvalue weighted by Gasteiger charge is -2.23. The summed E-state index contributed by atoms with van der Waals surface area (Å²) >= 11 is 12.4. The Morgan fingerprint density at radius 1 is 0.909 bits per heavy atom. The van der Waals surface area contributed by atoms with Crippen LogP contribution < -0.4 is 10.6 Å². The lowest BCUT2D eigenvalue weighted by atomic mass is 10.0. The van der Waals surface area contributed by atoms with Crippen LogP contribution in [0.25, 0.3) is 0 Å². The van der Waals surface area contributed by atoms with Crippen LogP contribution in [-0.4, -0.2) is 37.2 Å². The zero-order valence-corrected chi connectivity index (χ0v) is 20.3. The van der Waals surface area contributed by atoms with Crippen molar-refractivity contribution in [2.75, 3.05) is 7.11 Å². The summed E-state index contributed by atoms with van der Waals surface area (Å²) in [6.45, 7) is 3.90. The molecule has 0 bridgehead atoms. The second-order valence-electron chi connectivity index (χ2n) is 7.88. The first-order valence-electron chi connectivity index (χ1n) is 10.5. The summed E-state index contributed by atoms with van der Waals surface area (Å²) in [6.07, 6.45) is -0.361. The van der Waals surface area contributed by atoms with Crippen LogP contribution in [0.1, 0.15) is 31.4 Å². The zero-order chi connectivity index (χ0) is 24.4. The number of rotatable bonds is 10. The quantitative estimate of drug-likeness (QED) is 0.473. The molecule has 0 saturated heterocycles. The summed E-state index contributed by atoms with van der Waals surface area (Å²) in [5.41, 5.74) is 1.33. The molecule has 0 fully saturated rings. The molecule has 2 amide bonds. The van der Waals surface area contributed by atoms with E-state index in [1.165, 1.54) is 7.11 Å². The number of nitrogens with one attached hydrogen (secondary N) is 2. The molecule has 0 aliphatic heterocycles. The number of esters is 1. The molecule has 2 atom stereocenters. The standard InChI is InChI=1S/C24H28Cl2N2O5/c1-15(2)12-20(28-24(31)33-14-16-8-5-4-6-9-16)22(29)27-21(23(30)32-3)13-17-18(25)10-7-11-19(17)26/h4-11,15,20-21H,12-14H2,1-3H3,(H,27,29)(H,28,31)/t20-,21+/m0/s1. The number of benzene rings is 2. The van der Waals surface area contributed by atoms with Crippen molar-refractivity contribution in [2.24, 2.45) is 5.92 Å². The largest absolute Gasteiger partial charge is 0.467 e. The molecule has 7 nitrogen and oxygen atoms in total. The second-order valence-corrected chi connectivity index (χ2v) is 8.69. The molecule has 0 aliphatic carbocycles. The number of amides is 2. The van der Waals surface area contributed by atoms with E-state index < -0.39 is 30.1 Å². The number of ether oxygens (including phenoxy) is 2. The van der Waals surface area contributed by atoms with E-state index >= 15 is 0 Å². The monoisotopic (exact) mass is 494 g/mol. The van der Waals surface area contributed by atoms with Gasteiger partial charge >= 0.3 is 12.1 Å². The van der Waals surface area contributed by atoms with Crippen molar-refractivity contribution in [3.8, 4) is 0 Å². The Kier molecular flexibility index (Phi) is 10.5. The Morgan fingerprint density at radius 2 is 1.55 bits per heavy atom. The second kappa shape index (κ2) is 13.1. The van der Waals surface area contributed by atoms with Crippen molar-refractivity contribution in [2.45, 2.75) is 45.4 Å². The van der Waals surface area contributed by atoms with Crippen molar-refractivity contribution in [3.63, 3.8) is 0 Å². The highest BCUT2D eigenvalue weighted by atomic mass is 35.5. The highest BCUT2D eigenvalue weighted by Gasteiger charge is 2.29. The molecule has 0 aromatic heterocycles. The van der Waals surface area contributed by atoms with Gasteiger partial charge in [0.25, 0.3) is 0 Å². The van der Waals surface area contributed by atoms with E-state index in [0.717, 1.165) is 5.56 Å². The minimum absolute atomic E-state index is 0.0315. The van der Waals surface area contributed by atoms with Crippen LogP contribution in [0, 0.1) is 5.92 Å². The highest BCUT2D eigenvalue weighted by Crippen LogP contribution is 2.25. The Morgan fingerprint density at radius 3 is 2.12 bits per heavy atom. The fourth-order valence-corrected chi connectivity index (χ4v) is 3.70. The van der Waals surface area contributed by atoms with Gasteiger partial charge in [-0.05, 0) is 35.6 Å². The van der Waals surface area contributed by atoms with Crippen LogP contribution in [0.15, 0.2) is 48.5 Å². The molecule has 2 aromatic rings. The molecule has 0 heterocycles. The summed E-state index contributed by atoms with van der Waals surface area (Å²) in [5, 5.41) is 5.98.